The van der Waals surface area contributed by atoms with Crippen molar-refractivity contribution in [3.63, 3.8) is 0 Å². The molecule has 0 fully saturated rings. The van der Waals surface area contributed by atoms with Crippen molar-refractivity contribution in [3.05, 3.63) is 94.8 Å². The molecule has 0 saturated carbocycles. The van der Waals surface area contributed by atoms with Gasteiger partial charge in [-0.3, -0.25) is 14.4 Å². The fourth-order valence-corrected chi connectivity index (χ4v) is 2.75. The maximum atomic E-state index is 12.5. The fourth-order valence-electron chi connectivity index (χ4n) is 2.75. The highest BCUT2D eigenvalue weighted by Gasteiger charge is 2.13. The molecule has 3 aromatic rings. The van der Waals surface area contributed by atoms with E-state index in [2.05, 4.69) is 15.6 Å². The Morgan fingerprint density at radius 3 is 2.14 bits per heavy atom. The smallest absolute Gasteiger partial charge is 0.274 e. The second-order valence-corrected chi connectivity index (χ2v) is 6.60. The van der Waals surface area contributed by atoms with Gasteiger partial charge < -0.3 is 10.6 Å². The summed E-state index contributed by atoms with van der Waals surface area (Å²) in [4.78, 5) is 40.4. The summed E-state index contributed by atoms with van der Waals surface area (Å²) >= 11 is 0. The first-order valence-corrected chi connectivity index (χ1v) is 9.16. The Balaban J connectivity index is 1.66. The predicted molar refractivity (Wildman–Crippen MR) is 111 cm³/mol. The molecule has 0 unspecified atom stereocenters. The number of hydrogen-bond acceptors (Lipinski definition) is 4. The Morgan fingerprint density at radius 1 is 0.828 bits per heavy atom. The topological polar surface area (TPSA) is 88.2 Å². The molecule has 146 valence electrons. The predicted octanol–water partition coefficient (Wildman–Crippen LogP) is 3.77. The number of amides is 2. The summed E-state index contributed by atoms with van der Waals surface area (Å²) in [6.45, 7) is 3.84. The van der Waals surface area contributed by atoms with E-state index in [-0.39, 0.29) is 23.1 Å². The molecule has 3 rings (SSSR count). The van der Waals surface area contributed by atoms with Gasteiger partial charge in [0.2, 0.25) is 0 Å². The van der Waals surface area contributed by atoms with E-state index < -0.39 is 5.91 Å². The van der Waals surface area contributed by atoms with Crippen LogP contribution in [-0.2, 0) is 6.54 Å². The van der Waals surface area contributed by atoms with Crippen LogP contribution in [0.25, 0.3) is 0 Å². The van der Waals surface area contributed by atoms with Crippen LogP contribution in [0.15, 0.2) is 66.7 Å². The molecule has 1 heterocycles. The first kappa shape index (κ1) is 19.9. The van der Waals surface area contributed by atoms with Crippen LogP contribution in [0.3, 0.4) is 0 Å². The van der Waals surface area contributed by atoms with Gasteiger partial charge in [0.1, 0.15) is 11.4 Å². The molecule has 1 aromatic heterocycles. The third-order valence-electron chi connectivity index (χ3n) is 4.46. The average molecular weight is 387 g/mol. The first-order valence-electron chi connectivity index (χ1n) is 9.16. The Bertz CT molecular complexity index is 1060. The van der Waals surface area contributed by atoms with Crippen molar-refractivity contribution >= 4 is 23.3 Å². The fraction of sp³-hybridized carbons (Fsp3) is 0.130. The zero-order valence-electron chi connectivity index (χ0n) is 16.2. The molecule has 0 aliphatic carbocycles. The zero-order valence-corrected chi connectivity index (χ0v) is 16.2. The van der Waals surface area contributed by atoms with E-state index in [1.165, 1.54) is 13.0 Å². The number of carbonyl (C=O) groups is 3. The standard InChI is InChI=1S/C23H21N3O3/c1-15-6-3-4-7-18(15)14-24-22(28)20-8-5-9-21(26-20)23(29)25-19-12-10-17(11-13-19)16(2)27/h3-13H,14H2,1-2H3,(H,24,28)(H,25,29). The molecule has 0 spiro atoms. The summed E-state index contributed by atoms with van der Waals surface area (Å²) in [5.41, 5.74) is 3.50. The molecule has 6 heteroatoms. The molecule has 29 heavy (non-hydrogen) atoms. The number of anilines is 1. The number of nitrogens with one attached hydrogen (secondary N) is 2. The SMILES string of the molecule is CC(=O)c1ccc(NC(=O)c2cccc(C(=O)NCc3ccccc3C)n2)cc1. The summed E-state index contributed by atoms with van der Waals surface area (Å²) in [7, 11) is 0. The Kier molecular flexibility index (Phi) is 6.14. The zero-order chi connectivity index (χ0) is 20.8. The van der Waals surface area contributed by atoms with Gasteiger partial charge in [-0.15, -0.1) is 0 Å². The van der Waals surface area contributed by atoms with Crippen LogP contribution in [0, 0.1) is 6.92 Å². The number of aromatic nitrogens is 1. The van der Waals surface area contributed by atoms with E-state index in [0.29, 0.717) is 17.8 Å². The molecule has 0 radical (unpaired) electrons. The molecular formula is C23H21N3O3. The second-order valence-electron chi connectivity index (χ2n) is 6.60. The lowest BCUT2D eigenvalue weighted by atomic mass is 10.1. The van der Waals surface area contributed by atoms with Gasteiger partial charge in [-0.2, -0.15) is 0 Å². The maximum Gasteiger partial charge on any atom is 0.274 e. The van der Waals surface area contributed by atoms with Gasteiger partial charge in [-0.05, 0) is 61.4 Å². The summed E-state index contributed by atoms with van der Waals surface area (Å²) in [6, 6.07) is 19.1. The Labute approximate surface area is 169 Å². The third kappa shape index (κ3) is 5.13. The molecule has 2 amide bonds. The first-order chi connectivity index (χ1) is 13.9. The van der Waals surface area contributed by atoms with E-state index >= 15 is 0 Å². The van der Waals surface area contributed by atoms with E-state index in [1.807, 2.05) is 31.2 Å². The van der Waals surface area contributed by atoms with Crippen molar-refractivity contribution in [2.24, 2.45) is 0 Å². The molecule has 0 saturated heterocycles. The minimum absolute atomic E-state index is 0.0473. The summed E-state index contributed by atoms with van der Waals surface area (Å²) in [5, 5.41) is 5.54. The molecule has 6 nitrogen and oxygen atoms in total. The summed E-state index contributed by atoms with van der Waals surface area (Å²) in [5.74, 6) is -0.836. The van der Waals surface area contributed by atoms with Gasteiger partial charge in [0.15, 0.2) is 5.78 Å². The van der Waals surface area contributed by atoms with Crippen LogP contribution in [0.5, 0.6) is 0 Å². The maximum absolute atomic E-state index is 12.5. The molecule has 0 aliphatic rings. The quantitative estimate of drug-likeness (QED) is 0.630. The van der Waals surface area contributed by atoms with E-state index in [4.69, 9.17) is 0 Å². The largest absolute Gasteiger partial charge is 0.347 e. The number of Topliss-reactive ketones (excluding diaryl/α,β-unsaturated/α-hetero) is 1. The molecular weight excluding hydrogens is 366 g/mol. The minimum atomic E-state index is -0.436. The molecule has 0 bridgehead atoms. The highest BCUT2D eigenvalue weighted by molar-refractivity contribution is 6.04. The lowest BCUT2D eigenvalue weighted by Gasteiger charge is -2.09. The van der Waals surface area contributed by atoms with Gasteiger partial charge in [-0.1, -0.05) is 30.3 Å². The third-order valence-corrected chi connectivity index (χ3v) is 4.46. The number of aryl methyl sites for hydroxylation is 1. The van der Waals surface area contributed by atoms with E-state index in [1.54, 1.807) is 36.4 Å². The number of rotatable bonds is 6. The highest BCUT2D eigenvalue weighted by Crippen LogP contribution is 2.12. The summed E-state index contributed by atoms with van der Waals surface area (Å²) < 4.78 is 0. The average Bonchev–Trinajstić information content (AvgIpc) is 2.73. The lowest BCUT2D eigenvalue weighted by molar-refractivity contribution is 0.0944. The number of ketones is 1. The number of hydrogen-bond donors (Lipinski definition) is 2. The van der Waals surface area contributed by atoms with Gasteiger partial charge in [0.25, 0.3) is 11.8 Å². The second kappa shape index (κ2) is 8.93. The van der Waals surface area contributed by atoms with Crippen LogP contribution in [0.2, 0.25) is 0 Å². The molecule has 0 atom stereocenters. The highest BCUT2D eigenvalue weighted by atomic mass is 16.2. The minimum Gasteiger partial charge on any atom is -0.347 e. The van der Waals surface area contributed by atoms with Crippen molar-refractivity contribution in [1.82, 2.24) is 10.3 Å². The van der Waals surface area contributed by atoms with Crippen LogP contribution in [0.4, 0.5) is 5.69 Å². The summed E-state index contributed by atoms with van der Waals surface area (Å²) in [6.07, 6.45) is 0. The van der Waals surface area contributed by atoms with Crippen molar-refractivity contribution in [1.29, 1.82) is 0 Å². The molecule has 0 aliphatic heterocycles. The van der Waals surface area contributed by atoms with Crippen molar-refractivity contribution in [2.45, 2.75) is 20.4 Å². The molecule has 2 aromatic carbocycles. The number of nitrogens with zero attached hydrogens (tertiary/aromatic N) is 1. The van der Waals surface area contributed by atoms with Gasteiger partial charge in [-0.25, -0.2) is 4.98 Å². The monoisotopic (exact) mass is 387 g/mol. The Morgan fingerprint density at radius 2 is 1.48 bits per heavy atom. The van der Waals surface area contributed by atoms with E-state index in [0.717, 1.165) is 11.1 Å². The van der Waals surface area contributed by atoms with Crippen LogP contribution < -0.4 is 10.6 Å². The number of benzene rings is 2. The van der Waals surface area contributed by atoms with Gasteiger partial charge >= 0.3 is 0 Å². The molecule has 2 N–H and O–H groups in total. The van der Waals surface area contributed by atoms with E-state index in [9.17, 15) is 14.4 Å². The number of carbonyl (C=O) groups excluding carboxylic acids is 3. The van der Waals surface area contributed by atoms with Crippen LogP contribution in [-0.4, -0.2) is 22.6 Å². The van der Waals surface area contributed by atoms with Gasteiger partial charge in [0.05, 0.1) is 0 Å². The number of pyridine rings is 1. The van der Waals surface area contributed by atoms with Crippen molar-refractivity contribution in [2.75, 3.05) is 5.32 Å². The normalized spacial score (nSPS) is 10.3. The van der Waals surface area contributed by atoms with Crippen molar-refractivity contribution in [3.8, 4) is 0 Å². The lowest BCUT2D eigenvalue weighted by Crippen LogP contribution is -2.25. The van der Waals surface area contributed by atoms with Crippen LogP contribution >= 0.6 is 0 Å². The van der Waals surface area contributed by atoms with Crippen LogP contribution in [0.1, 0.15) is 49.4 Å². The Hall–Kier alpha value is -3.80. The van der Waals surface area contributed by atoms with Gasteiger partial charge in [0, 0.05) is 17.8 Å². The van der Waals surface area contributed by atoms with Crippen molar-refractivity contribution < 1.29 is 14.4 Å².